The summed E-state index contributed by atoms with van der Waals surface area (Å²) in [6, 6.07) is 4.32. The fourth-order valence-corrected chi connectivity index (χ4v) is 4.00. The predicted molar refractivity (Wildman–Crippen MR) is 98.5 cm³/mol. The molecular formula is C18H22INO3. The first-order chi connectivity index (χ1) is 11.2. The third kappa shape index (κ3) is 3.26. The molecule has 1 aromatic carbocycles. The molecule has 0 N–H and O–H groups in total. The Bertz CT molecular complexity index is 629. The lowest BCUT2D eigenvalue weighted by molar-refractivity contribution is -0.128. The van der Waals surface area contributed by atoms with Gasteiger partial charge < -0.3 is 9.47 Å². The smallest absolute Gasteiger partial charge is 0.161 e. The van der Waals surface area contributed by atoms with Gasteiger partial charge in [0.1, 0.15) is 5.78 Å². The van der Waals surface area contributed by atoms with Gasteiger partial charge in [-0.05, 0) is 40.2 Å². The van der Waals surface area contributed by atoms with Crippen LogP contribution in [0, 0.1) is 5.92 Å². The molecule has 0 spiro atoms. The van der Waals surface area contributed by atoms with Gasteiger partial charge >= 0.3 is 0 Å². The number of ether oxygens (including phenoxy) is 2. The van der Waals surface area contributed by atoms with E-state index in [-0.39, 0.29) is 12.0 Å². The number of allylic oxidation sites excluding steroid dienone is 1. The Hall–Kier alpha value is -1.08. The monoisotopic (exact) mass is 427 g/mol. The van der Waals surface area contributed by atoms with Crippen molar-refractivity contribution in [1.29, 1.82) is 0 Å². The summed E-state index contributed by atoms with van der Waals surface area (Å²) in [4.78, 5) is 15.0. The first kappa shape index (κ1) is 16.8. The molecule has 5 heteroatoms. The average molecular weight is 427 g/mol. The minimum Gasteiger partial charge on any atom is -0.493 e. The van der Waals surface area contributed by atoms with E-state index in [1.54, 1.807) is 14.2 Å². The number of benzene rings is 1. The van der Waals surface area contributed by atoms with Crippen molar-refractivity contribution in [3.05, 3.63) is 33.4 Å². The van der Waals surface area contributed by atoms with Crippen molar-refractivity contribution in [2.24, 2.45) is 5.92 Å². The van der Waals surface area contributed by atoms with Gasteiger partial charge in [0.15, 0.2) is 11.5 Å². The van der Waals surface area contributed by atoms with Gasteiger partial charge in [0.25, 0.3) is 0 Å². The van der Waals surface area contributed by atoms with Crippen LogP contribution in [0.5, 0.6) is 11.5 Å². The van der Waals surface area contributed by atoms with E-state index in [1.165, 1.54) is 11.1 Å². The van der Waals surface area contributed by atoms with Crippen molar-refractivity contribution >= 4 is 28.4 Å². The molecule has 1 aromatic rings. The molecule has 0 aromatic heterocycles. The second-order valence-corrected chi connectivity index (χ2v) is 6.85. The van der Waals surface area contributed by atoms with Crippen molar-refractivity contribution in [3.8, 4) is 11.5 Å². The molecule has 3 rings (SSSR count). The van der Waals surface area contributed by atoms with Crippen LogP contribution >= 0.6 is 22.6 Å². The summed E-state index contributed by atoms with van der Waals surface area (Å²) in [5.74, 6) is 2.03. The average Bonchev–Trinajstić information content (AvgIpc) is 2.58. The number of hydrogen-bond acceptors (Lipinski definition) is 4. The molecule has 2 aliphatic rings. The third-order valence-electron chi connectivity index (χ3n) is 4.93. The maximum Gasteiger partial charge on any atom is 0.161 e. The van der Waals surface area contributed by atoms with E-state index in [2.05, 4.69) is 45.7 Å². The Kier molecular flexibility index (Phi) is 5.26. The zero-order chi connectivity index (χ0) is 16.4. The SMILES string of the molecule is COc1cc2c(cc1OC)C1CC(=O)C(C/C=C/I)CN1CC2. The summed E-state index contributed by atoms with van der Waals surface area (Å²) < 4.78 is 12.9. The maximum atomic E-state index is 12.5. The number of methoxy groups -OCH3 is 2. The standard InChI is InChI=1S/C18H22INO3/c1-22-17-8-12-5-7-20-11-13(4-3-6-19)16(21)10-15(20)14(12)9-18(17)23-2/h3,6,8-9,13,15H,4-5,7,10-11H2,1-2H3/b6-3+. The molecule has 23 heavy (non-hydrogen) atoms. The van der Waals surface area contributed by atoms with Crippen LogP contribution in [0.4, 0.5) is 0 Å². The first-order valence-electron chi connectivity index (χ1n) is 7.94. The Morgan fingerprint density at radius 3 is 2.74 bits per heavy atom. The molecule has 2 aliphatic heterocycles. The lowest BCUT2D eigenvalue weighted by atomic mass is 9.81. The molecule has 124 valence electrons. The van der Waals surface area contributed by atoms with Crippen LogP contribution in [-0.4, -0.2) is 38.0 Å². The minimum absolute atomic E-state index is 0.138. The van der Waals surface area contributed by atoms with Crippen LogP contribution in [0.25, 0.3) is 0 Å². The molecule has 4 nitrogen and oxygen atoms in total. The number of Topliss-reactive ketones (excluding diaryl/α,β-unsaturated/α-hetero) is 1. The highest BCUT2D eigenvalue weighted by molar-refractivity contribution is 14.1. The van der Waals surface area contributed by atoms with E-state index < -0.39 is 0 Å². The van der Waals surface area contributed by atoms with Crippen LogP contribution in [0.3, 0.4) is 0 Å². The molecule has 2 atom stereocenters. The van der Waals surface area contributed by atoms with Gasteiger partial charge in [-0.1, -0.05) is 28.7 Å². The zero-order valence-corrected chi connectivity index (χ0v) is 15.7. The number of rotatable bonds is 4. The van der Waals surface area contributed by atoms with E-state index in [4.69, 9.17) is 9.47 Å². The Balaban J connectivity index is 1.88. The lowest BCUT2D eigenvalue weighted by Crippen LogP contribution is -2.46. The van der Waals surface area contributed by atoms with E-state index in [1.807, 2.05) is 4.08 Å². The molecule has 1 saturated heterocycles. The molecule has 0 amide bonds. The van der Waals surface area contributed by atoms with Crippen molar-refractivity contribution in [2.75, 3.05) is 27.3 Å². The van der Waals surface area contributed by atoms with Crippen LogP contribution in [-0.2, 0) is 11.2 Å². The normalized spacial score (nSPS) is 24.4. The summed E-state index contributed by atoms with van der Waals surface area (Å²) in [5, 5.41) is 0. The fourth-order valence-electron chi connectivity index (χ4n) is 3.70. The minimum atomic E-state index is 0.138. The van der Waals surface area contributed by atoms with Gasteiger partial charge in [-0.3, -0.25) is 9.69 Å². The molecule has 1 fully saturated rings. The topological polar surface area (TPSA) is 38.8 Å². The first-order valence-corrected chi connectivity index (χ1v) is 9.19. The molecule has 0 bridgehead atoms. The number of fused-ring (bicyclic) bond motifs is 3. The highest BCUT2D eigenvalue weighted by Gasteiger charge is 2.37. The van der Waals surface area contributed by atoms with Crippen molar-refractivity contribution < 1.29 is 14.3 Å². The number of carbonyl (C=O) groups excluding carboxylic acids is 1. The van der Waals surface area contributed by atoms with E-state index in [0.29, 0.717) is 12.2 Å². The summed E-state index contributed by atoms with van der Waals surface area (Å²) in [7, 11) is 3.32. The van der Waals surface area contributed by atoms with Gasteiger partial charge in [-0.15, -0.1) is 0 Å². The fraction of sp³-hybridized carbons (Fsp3) is 0.500. The lowest BCUT2D eigenvalue weighted by Gasteiger charge is -2.43. The van der Waals surface area contributed by atoms with E-state index >= 15 is 0 Å². The Labute approximate surface area is 151 Å². The second kappa shape index (κ2) is 7.21. The number of ketones is 1. The van der Waals surface area contributed by atoms with Gasteiger partial charge in [0.05, 0.1) is 14.2 Å². The molecule has 2 heterocycles. The molecular weight excluding hydrogens is 405 g/mol. The van der Waals surface area contributed by atoms with Crippen molar-refractivity contribution in [1.82, 2.24) is 4.90 Å². The van der Waals surface area contributed by atoms with Crippen molar-refractivity contribution in [2.45, 2.75) is 25.3 Å². The van der Waals surface area contributed by atoms with Crippen LogP contribution in [0.2, 0.25) is 0 Å². The van der Waals surface area contributed by atoms with Gasteiger partial charge in [0.2, 0.25) is 0 Å². The number of halogens is 1. The highest BCUT2D eigenvalue weighted by atomic mass is 127. The predicted octanol–water partition coefficient (Wildman–Crippen LogP) is 3.53. The third-order valence-corrected chi connectivity index (χ3v) is 5.44. The highest BCUT2D eigenvalue weighted by Crippen LogP contribution is 2.42. The number of piperidine rings is 1. The van der Waals surface area contributed by atoms with Crippen molar-refractivity contribution in [3.63, 3.8) is 0 Å². The summed E-state index contributed by atoms with van der Waals surface area (Å²) in [6.45, 7) is 1.86. The molecule has 0 radical (unpaired) electrons. The van der Waals surface area contributed by atoms with Crippen LogP contribution in [0.1, 0.15) is 30.0 Å². The Morgan fingerprint density at radius 2 is 2.04 bits per heavy atom. The summed E-state index contributed by atoms with van der Waals surface area (Å²) in [5.41, 5.74) is 2.51. The van der Waals surface area contributed by atoms with Crippen LogP contribution in [0.15, 0.2) is 22.3 Å². The number of nitrogens with zero attached hydrogens (tertiary/aromatic N) is 1. The van der Waals surface area contributed by atoms with Gasteiger partial charge in [-0.25, -0.2) is 0 Å². The van der Waals surface area contributed by atoms with Gasteiger partial charge in [-0.2, -0.15) is 0 Å². The number of hydrogen-bond donors (Lipinski definition) is 0. The Morgan fingerprint density at radius 1 is 1.30 bits per heavy atom. The molecule has 0 aliphatic carbocycles. The van der Waals surface area contributed by atoms with Gasteiger partial charge in [0, 0.05) is 31.5 Å². The summed E-state index contributed by atoms with van der Waals surface area (Å²) >= 11 is 2.21. The molecule has 0 saturated carbocycles. The molecule has 2 unspecified atom stereocenters. The quantitative estimate of drug-likeness (QED) is 0.690. The largest absolute Gasteiger partial charge is 0.493 e. The zero-order valence-electron chi connectivity index (χ0n) is 13.5. The van der Waals surface area contributed by atoms with Crippen LogP contribution < -0.4 is 9.47 Å². The van der Waals surface area contributed by atoms with E-state index in [0.717, 1.165) is 37.4 Å². The maximum absolute atomic E-state index is 12.5. The summed E-state index contributed by atoms with van der Waals surface area (Å²) in [6.07, 6.45) is 4.54. The number of carbonyl (C=O) groups is 1. The second-order valence-electron chi connectivity index (χ2n) is 6.13. The van der Waals surface area contributed by atoms with E-state index in [9.17, 15) is 4.79 Å².